The first-order valence-corrected chi connectivity index (χ1v) is 7.97. The molecule has 1 fully saturated rings. The van der Waals surface area contributed by atoms with E-state index in [-0.39, 0.29) is 0 Å². The predicted octanol–water partition coefficient (Wildman–Crippen LogP) is 1.25. The van der Waals surface area contributed by atoms with Crippen LogP contribution in [-0.2, 0) is 4.79 Å². The molecule has 0 aromatic rings. The largest absolute Gasteiger partial charge is 0.480 e. The molecule has 20 heavy (non-hydrogen) atoms. The molecule has 2 N–H and O–H groups in total. The average Bonchev–Trinajstić information content (AvgIpc) is 2.85. The second-order valence-corrected chi connectivity index (χ2v) is 5.82. The van der Waals surface area contributed by atoms with Crippen LogP contribution in [0.15, 0.2) is 0 Å². The van der Waals surface area contributed by atoms with Crippen LogP contribution in [0.3, 0.4) is 0 Å². The Labute approximate surface area is 123 Å². The average molecular weight is 285 g/mol. The summed E-state index contributed by atoms with van der Waals surface area (Å²) in [5, 5.41) is 12.3. The molecule has 0 amide bonds. The van der Waals surface area contributed by atoms with Gasteiger partial charge in [0.25, 0.3) is 0 Å². The van der Waals surface area contributed by atoms with Crippen molar-refractivity contribution >= 4 is 5.97 Å². The van der Waals surface area contributed by atoms with Gasteiger partial charge in [-0.25, -0.2) is 0 Å². The summed E-state index contributed by atoms with van der Waals surface area (Å²) in [5.74, 6) is -0.733. The number of hydrogen-bond acceptors (Lipinski definition) is 4. The Morgan fingerprint density at radius 1 is 1.50 bits per heavy atom. The summed E-state index contributed by atoms with van der Waals surface area (Å²) in [6.45, 7) is 9.26. The fourth-order valence-corrected chi connectivity index (χ4v) is 2.95. The van der Waals surface area contributed by atoms with Gasteiger partial charge in [-0.15, -0.1) is 0 Å². The summed E-state index contributed by atoms with van der Waals surface area (Å²) >= 11 is 0. The number of carbonyl (C=O) groups is 1. The molecular weight excluding hydrogens is 254 g/mol. The van der Waals surface area contributed by atoms with Crippen LogP contribution in [0.1, 0.15) is 39.5 Å². The third-order valence-corrected chi connectivity index (χ3v) is 4.17. The zero-order chi connectivity index (χ0) is 15.0. The normalized spacial score (nSPS) is 21.5. The topological polar surface area (TPSA) is 55.8 Å². The van der Waals surface area contributed by atoms with Crippen molar-refractivity contribution < 1.29 is 9.90 Å². The third kappa shape index (κ3) is 5.77. The molecule has 1 aliphatic heterocycles. The van der Waals surface area contributed by atoms with E-state index >= 15 is 0 Å². The highest BCUT2D eigenvalue weighted by atomic mass is 16.4. The smallest absolute Gasteiger partial charge is 0.320 e. The lowest BCUT2D eigenvalue weighted by Crippen LogP contribution is -2.42. The van der Waals surface area contributed by atoms with E-state index in [9.17, 15) is 9.90 Å². The molecule has 1 saturated heterocycles. The zero-order valence-electron chi connectivity index (χ0n) is 13.3. The van der Waals surface area contributed by atoms with Gasteiger partial charge in [0.05, 0.1) is 0 Å². The molecule has 0 bridgehead atoms. The van der Waals surface area contributed by atoms with Crippen LogP contribution < -0.4 is 5.32 Å². The molecule has 0 aromatic heterocycles. The van der Waals surface area contributed by atoms with Gasteiger partial charge in [-0.05, 0) is 58.9 Å². The first-order valence-electron chi connectivity index (χ1n) is 7.97. The van der Waals surface area contributed by atoms with Crippen molar-refractivity contribution in [1.82, 2.24) is 15.1 Å². The molecule has 118 valence electrons. The Morgan fingerprint density at radius 2 is 2.25 bits per heavy atom. The standard InChI is InChI=1S/C15H31N3O2/c1-4-9-16-14(15(19)20)8-11-17(3)12-13-7-6-10-18(13)5-2/h13-14,16H,4-12H2,1-3H3,(H,19,20). The molecular formula is C15H31N3O2. The molecule has 0 radical (unpaired) electrons. The quantitative estimate of drug-likeness (QED) is 0.632. The molecule has 2 atom stereocenters. The number of likely N-dealkylation sites (tertiary alicyclic amines) is 1. The lowest BCUT2D eigenvalue weighted by Gasteiger charge is -2.28. The van der Waals surface area contributed by atoms with Gasteiger partial charge in [0.15, 0.2) is 0 Å². The molecule has 0 saturated carbocycles. The highest BCUT2D eigenvalue weighted by Gasteiger charge is 2.24. The minimum atomic E-state index is -0.733. The van der Waals surface area contributed by atoms with E-state index in [0.717, 1.165) is 32.6 Å². The van der Waals surface area contributed by atoms with Gasteiger partial charge < -0.3 is 15.3 Å². The number of rotatable bonds is 10. The van der Waals surface area contributed by atoms with Crippen molar-refractivity contribution in [2.24, 2.45) is 0 Å². The molecule has 5 nitrogen and oxygen atoms in total. The van der Waals surface area contributed by atoms with E-state index in [2.05, 4.69) is 36.0 Å². The zero-order valence-corrected chi connectivity index (χ0v) is 13.3. The highest BCUT2D eigenvalue weighted by molar-refractivity contribution is 5.73. The van der Waals surface area contributed by atoms with Crippen molar-refractivity contribution in [3.05, 3.63) is 0 Å². The fourth-order valence-electron chi connectivity index (χ4n) is 2.95. The molecule has 1 heterocycles. The van der Waals surface area contributed by atoms with Gasteiger partial charge in [-0.3, -0.25) is 9.69 Å². The van der Waals surface area contributed by atoms with Gasteiger partial charge in [-0.1, -0.05) is 13.8 Å². The number of nitrogens with zero attached hydrogens (tertiary/aromatic N) is 2. The van der Waals surface area contributed by atoms with Gasteiger partial charge in [0.2, 0.25) is 0 Å². The van der Waals surface area contributed by atoms with Gasteiger partial charge >= 0.3 is 5.97 Å². The van der Waals surface area contributed by atoms with E-state index < -0.39 is 12.0 Å². The second-order valence-electron chi connectivity index (χ2n) is 5.82. The van der Waals surface area contributed by atoms with Crippen LogP contribution in [0.2, 0.25) is 0 Å². The van der Waals surface area contributed by atoms with Gasteiger partial charge in [0, 0.05) is 12.6 Å². The molecule has 0 aromatic carbocycles. The van der Waals surface area contributed by atoms with Crippen LogP contribution in [-0.4, -0.2) is 72.7 Å². The first-order chi connectivity index (χ1) is 9.58. The summed E-state index contributed by atoms with van der Waals surface area (Å²) in [7, 11) is 2.10. The molecule has 1 aliphatic rings. The van der Waals surface area contributed by atoms with E-state index in [1.54, 1.807) is 0 Å². The molecule has 2 unspecified atom stereocenters. The molecule has 5 heteroatoms. The summed E-state index contributed by atoms with van der Waals surface area (Å²) in [5.41, 5.74) is 0. The number of likely N-dealkylation sites (N-methyl/N-ethyl adjacent to an activating group) is 2. The minimum absolute atomic E-state index is 0.414. The Hall–Kier alpha value is -0.650. The maximum Gasteiger partial charge on any atom is 0.320 e. The second kappa shape index (κ2) is 9.32. The molecule has 0 aliphatic carbocycles. The van der Waals surface area contributed by atoms with E-state index in [1.165, 1.54) is 19.4 Å². The minimum Gasteiger partial charge on any atom is -0.480 e. The summed E-state index contributed by atoms with van der Waals surface area (Å²) < 4.78 is 0. The van der Waals surface area contributed by atoms with Crippen molar-refractivity contribution in [3.8, 4) is 0 Å². The summed E-state index contributed by atoms with van der Waals surface area (Å²) in [6.07, 6.45) is 4.20. The lowest BCUT2D eigenvalue weighted by molar-refractivity contribution is -0.139. The van der Waals surface area contributed by atoms with Gasteiger partial charge in [-0.2, -0.15) is 0 Å². The Bertz CT molecular complexity index is 286. The SMILES string of the molecule is CCCNC(CCN(C)CC1CCCN1CC)C(=O)O. The number of nitrogens with one attached hydrogen (secondary N) is 1. The lowest BCUT2D eigenvalue weighted by atomic mass is 10.1. The van der Waals surface area contributed by atoms with Crippen molar-refractivity contribution in [2.45, 2.75) is 51.6 Å². The number of hydrogen-bond donors (Lipinski definition) is 2. The van der Waals surface area contributed by atoms with E-state index in [4.69, 9.17) is 0 Å². The van der Waals surface area contributed by atoms with Crippen LogP contribution >= 0.6 is 0 Å². The van der Waals surface area contributed by atoms with Gasteiger partial charge in [0.1, 0.15) is 6.04 Å². The van der Waals surface area contributed by atoms with E-state index in [0.29, 0.717) is 12.5 Å². The first kappa shape index (κ1) is 17.4. The number of carboxylic acid groups (broad SMARTS) is 1. The van der Waals surface area contributed by atoms with E-state index in [1.807, 2.05) is 0 Å². The number of carboxylic acids is 1. The Balaban J connectivity index is 2.30. The Kier molecular flexibility index (Phi) is 8.11. The van der Waals surface area contributed by atoms with Crippen LogP contribution in [0, 0.1) is 0 Å². The van der Waals surface area contributed by atoms with Crippen molar-refractivity contribution in [3.63, 3.8) is 0 Å². The summed E-state index contributed by atoms with van der Waals surface area (Å²) in [6, 6.07) is 0.236. The predicted molar refractivity (Wildman–Crippen MR) is 82.1 cm³/mol. The van der Waals surface area contributed by atoms with Crippen molar-refractivity contribution in [1.29, 1.82) is 0 Å². The highest BCUT2D eigenvalue weighted by Crippen LogP contribution is 2.17. The molecule has 1 rings (SSSR count). The third-order valence-electron chi connectivity index (χ3n) is 4.17. The van der Waals surface area contributed by atoms with Crippen molar-refractivity contribution in [2.75, 3.05) is 39.8 Å². The number of aliphatic carboxylic acids is 1. The summed E-state index contributed by atoms with van der Waals surface area (Å²) in [4.78, 5) is 16.0. The maximum absolute atomic E-state index is 11.2. The van der Waals surface area contributed by atoms with Crippen LogP contribution in [0.5, 0.6) is 0 Å². The fraction of sp³-hybridized carbons (Fsp3) is 0.933. The van der Waals surface area contributed by atoms with Crippen LogP contribution in [0.25, 0.3) is 0 Å². The Morgan fingerprint density at radius 3 is 2.85 bits per heavy atom. The molecule has 0 spiro atoms. The monoisotopic (exact) mass is 285 g/mol. The van der Waals surface area contributed by atoms with Crippen LogP contribution in [0.4, 0.5) is 0 Å². The maximum atomic E-state index is 11.2.